The fraction of sp³-hybridized carbons (Fsp3) is 0.889. The molecule has 0 heterocycles. The maximum atomic E-state index is 11.5. The third kappa shape index (κ3) is 3.74. The van der Waals surface area contributed by atoms with Crippen molar-refractivity contribution in [2.24, 2.45) is 0 Å². The van der Waals surface area contributed by atoms with Gasteiger partial charge >= 0.3 is 0 Å². The molecular weight excluding hydrogens is 170 g/mol. The van der Waals surface area contributed by atoms with Crippen LogP contribution in [0.25, 0.3) is 0 Å². The van der Waals surface area contributed by atoms with Gasteiger partial charge in [0.15, 0.2) is 0 Å². The number of carbonyl (C=O) groups excluding carboxylic acids is 1. The predicted molar refractivity (Wildman–Crippen MR) is 50.4 cm³/mol. The second-order valence-corrected chi connectivity index (χ2v) is 3.35. The summed E-state index contributed by atoms with van der Waals surface area (Å²) in [5, 5.41) is 11.6. The lowest BCUT2D eigenvalue weighted by Gasteiger charge is -2.25. The van der Waals surface area contributed by atoms with Gasteiger partial charge in [0.25, 0.3) is 5.91 Å². The third-order valence-electron chi connectivity index (χ3n) is 2.16. The zero-order valence-electron chi connectivity index (χ0n) is 8.76. The number of hydrogen-bond acceptors (Lipinski definition) is 3. The highest BCUT2D eigenvalue weighted by Crippen LogP contribution is 2.13. The second kappa shape index (κ2) is 5.19. The van der Waals surface area contributed by atoms with E-state index in [4.69, 9.17) is 9.84 Å². The summed E-state index contributed by atoms with van der Waals surface area (Å²) in [5.41, 5.74) is -0.783. The molecule has 0 aromatic carbocycles. The fourth-order valence-corrected chi connectivity index (χ4v) is 0.825. The van der Waals surface area contributed by atoms with E-state index < -0.39 is 11.7 Å². The van der Waals surface area contributed by atoms with Crippen molar-refractivity contribution in [1.82, 2.24) is 5.32 Å². The summed E-state index contributed by atoms with van der Waals surface area (Å²) in [6.45, 7) is 5.49. The van der Waals surface area contributed by atoms with Crippen molar-refractivity contribution in [1.29, 1.82) is 0 Å². The fourth-order valence-electron chi connectivity index (χ4n) is 0.825. The molecular formula is C9H19NO3. The molecule has 0 saturated heterocycles. The molecule has 0 aliphatic heterocycles. The number of aliphatic hydroxyl groups is 1. The first-order chi connectivity index (χ1) is 5.96. The summed E-state index contributed by atoms with van der Waals surface area (Å²) in [7, 11) is 1.51. The van der Waals surface area contributed by atoms with Crippen molar-refractivity contribution in [3.63, 3.8) is 0 Å². The summed E-state index contributed by atoms with van der Waals surface area (Å²) in [6.07, 6.45) is 0.0803. The highest BCUT2D eigenvalue weighted by atomic mass is 16.5. The van der Waals surface area contributed by atoms with Crippen LogP contribution in [0.15, 0.2) is 0 Å². The number of aliphatic hydroxyl groups excluding tert-OH is 1. The molecule has 0 aromatic rings. The van der Waals surface area contributed by atoms with Crippen molar-refractivity contribution < 1.29 is 14.6 Å². The lowest BCUT2D eigenvalue weighted by molar-refractivity contribution is -0.142. The third-order valence-corrected chi connectivity index (χ3v) is 2.16. The van der Waals surface area contributed by atoms with E-state index in [1.54, 1.807) is 13.8 Å². The number of nitrogens with one attached hydrogen (secondary N) is 1. The van der Waals surface area contributed by atoms with E-state index in [0.29, 0.717) is 6.42 Å². The minimum atomic E-state index is -0.783. The lowest BCUT2D eigenvalue weighted by Crippen LogP contribution is -2.47. The van der Waals surface area contributed by atoms with Crippen molar-refractivity contribution >= 4 is 5.91 Å². The molecule has 0 bridgehead atoms. The normalized spacial score (nSPS) is 17.6. The van der Waals surface area contributed by atoms with Gasteiger partial charge < -0.3 is 15.2 Å². The Labute approximate surface area is 79.3 Å². The van der Waals surface area contributed by atoms with Crippen molar-refractivity contribution in [2.45, 2.75) is 38.9 Å². The van der Waals surface area contributed by atoms with E-state index in [9.17, 15) is 4.79 Å². The van der Waals surface area contributed by atoms with Gasteiger partial charge in [-0.05, 0) is 20.3 Å². The Bertz CT molecular complexity index is 164. The average Bonchev–Trinajstić information content (AvgIpc) is 2.12. The topological polar surface area (TPSA) is 58.6 Å². The molecule has 1 amide bonds. The minimum Gasteiger partial charge on any atom is -0.392 e. The van der Waals surface area contributed by atoms with Crippen LogP contribution in [0, 0.1) is 0 Å². The number of carbonyl (C=O) groups is 1. The second-order valence-electron chi connectivity index (χ2n) is 3.35. The van der Waals surface area contributed by atoms with E-state index in [2.05, 4.69) is 5.32 Å². The van der Waals surface area contributed by atoms with E-state index in [0.717, 1.165) is 0 Å². The smallest absolute Gasteiger partial charge is 0.252 e. The Morgan fingerprint density at radius 3 is 2.54 bits per heavy atom. The Hall–Kier alpha value is -0.610. The maximum absolute atomic E-state index is 11.5. The lowest BCUT2D eigenvalue weighted by atomic mass is 10.0. The van der Waals surface area contributed by atoms with Gasteiger partial charge in [-0.25, -0.2) is 0 Å². The molecule has 0 aromatic heterocycles. The molecule has 0 fully saturated rings. The molecule has 0 saturated carbocycles. The molecule has 4 nitrogen and oxygen atoms in total. The average molecular weight is 189 g/mol. The first-order valence-electron chi connectivity index (χ1n) is 4.47. The monoisotopic (exact) mass is 189 g/mol. The number of rotatable bonds is 5. The van der Waals surface area contributed by atoms with Gasteiger partial charge in [0.05, 0.1) is 6.10 Å². The van der Waals surface area contributed by atoms with Crippen LogP contribution in [0.3, 0.4) is 0 Å². The van der Waals surface area contributed by atoms with Crippen LogP contribution in [0.1, 0.15) is 27.2 Å². The Kier molecular flexibility index (Phi) is 4.95. The van der Waals surface area contributed by atoms with Crippen molar-refractivity contribution in [3.8, 4) is 0 Å². The van der Waals surface area contributed by atoms with Gasteiger partial charge in [-0.2, -0.15) is 0 Å². The quantitative estimate of drug-likeness (QED) is 0.654. The number of methoxy groups -OCH3 is 1. The van der Waals surface area contributed by atoms with Gasteiger partial charge in [-0.1, -0.05) is 6.92 Å². The first kappa shape index (κ1) is 12.4. The van der Waals surface area contributed by atoms with E-state index in [1.807, 2.05) is 6.92 Å². The molecule has 2 N–H and O–H groups in total. The van der Waals surface area contributed by atoms with Crippen LogP contribution in [0.4, 0.5) is 0 Å². The van der Waals surface area contributed by atoms with Crippen LogP contribution in [0.5, 0.6) is 0 Å². The SMILES string of the molecule is CCC(C)(OC)C(=O)NCC(C)O. The molecule has 78 valence electrons. The first-order valence-corrected chi connectivity index (χ1v) is 4.47. The Balaban J connectivity index is 4.07. The van der Waals surface area contributed by atoms with Crippen molar-refractivity contribution in [2.75, 3.05) is 13.7 Å². The van der Waals surface area contributed by atoms with Gasteiger partial charge in [0.1, 0.15) is 5.60 Å². The molecule has 0 rings (SSSR count). The molecule has 0 aliphatic rings. The summed E-state index contributed by atoms with van der Waals surface area (Å²) >= 11 is 0. The van der Waals surface area contributed by atoms with Gasteiger partial charge in [0, 0.05) is 13.7 Å². The highest BCUT2D eigenvalue weighted by Gasteiger charge is 2.30. The molecule has 2 unspecified atom stereocenters. The number of hydrogen-bond donors (Lipinski definition) is 2. The van der Waals surface area contributed by atoms with E-state index >= 15 is 0 Å². The number of ether oxygens (including phenoxy) is 1. The summed E-state index contributed by atoms with van der Waals surface area (Å²) in [5.74, 6) is -0.182. The summed E-state index contributed by atoms with van der Waals surface area (Å²) in [6, 6.07) is 0. The molecule has 0 spiro atoms. The standard InChI is InChI=1S/C9H19NO3/c1-5-9(3,13-4)8(12)10-6-7(2)11/h7,11H,5-6H2,1-4H3,(H,10,12). The van der Waals surface area contributed by atoms with Crippen molar-refractivity contribution in [3.05, 3.63) is 0 Å². The van der Waals surface area contributed by atoms with Crippen LogP contribution in [0.2, 0.25) is 0 Å². The van der Waals surface area contributed by atoms with Crippen LogP contribution >= 0.6 is 0 Å². The van der Waals surface area contributed by atoms with Gasteiger partial charge in [-0.15, -0.1) is 0 Å². The van der Waals surface area contributed by atoms with Gasteiger partial charge in [0.2, 0.25) is 0 Å². The van der Waals surface area contributed by atoms with E-state index in [-0.39, 0.29) is 12.5 Å². The van der Waals surface area contributed by atoms with Crippen LogP contribution in [-0.2, 0) is 9.53 Å². The predicted octanol–water partition coefficient (Wildman–Crippen LogP) is 0.299. The zero-order valence-corrected chi connectivity index (χ0v) is 8.76. The molecule has 2 atom stereocenters. The maximum Gasteiger partial charge on any atom is 0.252 e. The molecule has 0 aliphatic carbocycles. The Morgan fingerprint density at radius 1 is 1.69 bits per heavy atom. The highest BCUT2D eigenvalue weighted by molar-refractivity contribution is 5.84. The van der Waals surface area contributed by atoms with Crippen LogP contribution < -0.4 is 5.32 Å². The molecule has 4 heteroatoms. The molecule has 0 radical (unpaired) electrons. The summed E-state index contributed by atoms with van der Waals surface area (Å²) in [4.78, 5) is 11.5. The zero-order chi connectivity index (χ0) is 10.5. The largest absolute Gasteiger partial charge is 0.392 e. The molecule has 13 heavy (non-hydrogen) atoms. The minimum absolute atomic E-state index is 0.182. The van der Waals surface area contributed by atoms with E-state index in [1.165, 1.54) is 7.11 Å². The van der Waals surface area contributed by atoms with Gasteiger partial charge in [-0.3, -0.25) is 4.79 Å². The number of amides is 1. The Morgan fingerprint density at radius 2 is 2.23 bits per heavy atom. The summed E-state index contributed by atoms with van der Waals surface area (Å²) < 4.78 is 5.09. The van der Waals surface area contributed by atoms with Crippen LogP contribution in [-0.4, -0.2) is 36.4 Å².